The number of esters is 1. The van der Waals surface area contributed by atoms with E-state index < -0.39 is 0 Å². The molecule has 0 heterocycles. The summed E-state index contributed by atoms with van der Waals surface area (Å²) in [5.41, 5.74) is 0. The maximum atomic E-state index is 10.7. The molecule has 0 fully saturated rings. The van der Waals surface area contributed by atoms with Gasteiger partial charge >= 0.3 is 5.97 Å². The van der Waals surface area contributed by atoms with E-state index in [1.54, 1.807) is 0 Å². The highest BCUT2D eigenvalue weighted by Gasteiger charge is 1.99. The van der Waals surface area contributed by atoms with Gasteiger partial charge in [-0.25, -0.2) is 4.79 Å². The molecule has 0 spiro atoms. The van der Waals surface area contributed by atoms with Gasteiger partial charge in [0.05, 0.1) is 6.61 Å². The van der Waals surface area contributed by atoms with Crippen molar-refractivity contribution in [1.29, 1.82) is 0 Å². The minimum absolute atomic E-state index is 0.0730. The Balaban J connectivity index is 3.04. The first-order valence-electron chi connectivity index (χ1n) is 3.95. The Morgan fingerprint density at radius 1 is 1.55 bits per heavy atom. The second-order valence-corrected chi connectivity index (χ2v) is 4.07. The third-order valence-corrected chi connectivity index (χ3v) is 2.48. The van der Waals surface area contributed by atoms with Crippen LogP contribution >= 0.6 is 0 Å². The van der Waals surface area contributed by atoms with Crippen molar-refractivity contribution in [3.8, 4) is 0 Å². The van der Waals surface area contributed by atoms with Crippen molar-refractivity contribution in [3.05, 3.63) is 0 Å². The highest BCUT2D eigenvalue weighted by atomic mass is 28.2. The van der Waals surface area contributed by atoms with Crippen molar-refractivity contribution < 1.29 is 14.3 Å². The maximum absolute atomic E-state index is 10.7. The fraction of sp³-hybridized carbons (Fsp3) is 0.857. The van der Waals surface area contributed by atoms with Gasteiger partial charge in [-0.1, -0.05) is 12.6 Å². The van der Waals surface area contributed by atoms with Gasteiger partial charge in [0.25, 0.3) is 0 Å². The largest absolute Gasteiger partial charge is 0.464 e. The number of carbonyl (C=O) groups is 1. The Bertz CT molecular complexity index is 106. The quantitative estimate of drug-likeness (QED) is 0.329. The second kappa shape index (κ2) is 7.75. The average Bonchev–Trinajstić information content (AvgIpc) is 1.99. The Morgan fingerprint density at radius 2 is 2.27 bits per heavy atom. The van der Waals surface area contributed by atoms with Crippen LogP contribution in [-0.2, 0) is 14.3 Å². The Kier molecular flexibility index (Phi) is 7.50. The highest BCUT2D eigenvalue weighted by Crippen LogP contribution is 1.90. The van der Waals surface area contributed by atoms with Crippen LogP contribution in [0.5, 0.6) is 0 Å². The topological polar surface area (TPSA) is 35.5 Å². The molecule has 0 aromatic heterocycles. The summed E-state index contributed by atoms with van der Waals surface area (Å²) in [6, 6.07) is 1.25. The van der Waals surface area contributed by atoms with Crippen molar-refractivity contribution in [1.82, 2.24) is 0 Å². The van der Waals surface area contributed by atoms with Gasteiger partial charge in [-0.05, 0) is 6.42 Å². The van der Waals surface area contributed by atoms with Crippen LogP contribution in [0.25, 0.3) is 0 Å². The molecule has 0 aliphatic rings. The van der Waals surface area contributed by atoms with E-state index in [-0.39, 0.29) is 22.1 Å². The molecule has 66 valence electrons. The van der Waals surface area contributed by atoms with Crippen LogP contribution < -0.4 is 0 Å². The molecule has 0 amide bonds. The number of ether oxygens (including phenoxy) is 2. The average molecular weight is 176 g/mol. The van der Waals surface area contributed by atoms with Crippen LogP contribution in [-0.4, -0.2) is 35.8 Å². The number of methoxy groups -OCH3 is 1. The van der Waals surface area contributed by atoms with E-state index in [4.69, 9.17) is 4.74 Å². The number of carbonyl (C=O) groups excluding carboxylic acids is 1. The molecule has 4 heteroatoms. The SMILES string of the molecule is COCC(=O)OCCC[SiH2]C. The molecule has 0 saturated carbocycles. The predicted molar refractivity (Wildman–Crippen MR) is 46.7 cm³/mol. The number of rotatable bonds is 6. The lowest BCUT2D eigenvalue weighted by atomic mass is 10.5. The van der Waals surface area contributed by atoms with Gasteiger partial charge in [-0.3, -0.25) is 0 Å². The molecule has 0 saturated heterocycles. The summed E-state index contributed by atoms with van der Waals surface area (Å²) in [5, 5.41) is 0. The zero-order valence-corrected chi connectivity index (χ0v) is 8.67. The predicted octanol–water partition coefficient (Wildman–Crippen LogP) is 0.201. The van der Waals surface area contributed by atoms with Gasteiger partial charge in [0.1, 0.15) is 6.61 Å². The summed E-state index contributed by atoms with van der Waals surface area (Å²) in [4.78, 5) is 10.7. The maximum Gasteiger partial charge on any atom is 0.332 e. The van der Waals surface area contributed by atoms with E-state index >= 15 is 0 Å². The molecule has 0 aliphatic heterocycles. The van der Waals surface area contributed by atoms with Crippen LogP contribution in [0.1, 0.15) is 6.42 Å². The summed E-state index contributed by atoms with van der Waals surface area (Å²) in [7, 11) is 1.62. The summed E-state index contributed by atoms with van der Waals surface area (Å²) >= 11 is 0. The van der Waals surface area contributed by atoms with Crippen molar-refractivity contribution in [3.63, 3.8) is 0 Å². The monoisotopic (exact) mass is 176 g/mol. The van der Waals surface area contributed by atoms with Gasteiger partial charge in [-0.2, -0.15) is 0 Å². The number of hydrogen-bond donors (Lipinski definition) is 0. The molecule has 0 bridgehead atoms. The first kappa shape index (κ1) is 10.6. The van der Waals surface area contributed by atoms with E-state index in [2.05, 4.69) is 11.3 Å². The molecule has 0 atom stereocenters. The normalized spacial score (nSPS) is 10.7. The first-order valence-corrected chi connectivity index (χ1v) is 6.37. The Labute approximate surface area is 69.9 Å². The minimum atomic E-state index is -0.259. The Morgan fingerprint density at radius 3 is 2.82 bits per heavy atom. The van der Waals surface area contributed by atoms with E-state index in [0.717, 1.165) is 6.42 Å². The Hall–Kier alpha value is -0.353. The summed E-state index contributed by atoms with van der Waals surface area (Å²) < 4.78 is 9.44. The van der Waals surface area contributed by atoms with E-state index in [0.29, 0.717) is 6.61 Å². The van der Waals surface area contributed by atoms with Crippen LogP contribution in [0, 0.1) is 0 Å². The van der Waals surface area contributed by atoms with Gasteiger partial charge in [0, 0.05) is 16.6 Å². The molecule has 0 radical (unpaired) electrons. The van der Waals surface area contributed by atoms with Crippen molar-refractivity contribution in [2.24, 2.45) is 0 Å². The zero-order chi connectivity index (χ0) is 8.53. The minimum Gasteiger partial charge on any atom is -0.464 e. The van der Waals surface area contributed by atoms with Crippen molar-refractivity contribution in [2.45, 2.75) is 19.0 Å². The fourth-order valence-electron chi connectivity index (χ4n) is 0.698. The van der Waals surface area contributed by atoms with Crippen LogP contribution in [0.4, 0.5) is 0 Å². The van der Waals surface area contributed by atoms with Crippen LogP contribution in [0.15, 0.2) is 0 Å². The lowest BCUT2D eigenvalue weighted by molar-refractivity contribution is -0.147. The van der Waals surface area contributed by atoms with Crippen molar-refractivity contribution >= 4 is 15.5 Å². The molecular formula is C7H16O3Si. The molecule has 11 heavy (non-hydrogen) atoms. The first-order chi connectivity index (χ1) is 5.31. The molecule has 0 rings (SSSR count). The van der Waals surface area contributed by atoms with Gasteiger partial charge in [-0.15, -0.1) is 0 Å². The molecule has 0 aliphatic carbocycles. The van der Waals surface area contributed by atoms with E-state index in [1.165, 1.54) is 13.2 Å². The molecule has 0 unspecified atom stereocenters. The molecule has 0 aromatic carbocycles. The van der Waals surface area contributed by atoms with E-state index in [1.807, 2.05) is 0 Å². The second-order valence-electron chi connectivity index (χ2n) is 2.36. The van der Waals surface area contributed by atoms with Gasteiger partial charge < -0.3 is 9.47 Å². The third-order valence-electron chi connectivity index (χ3n) is 1.27. The van der Waals surface area contributed by atoms with Gasteiger partial charge in [0.15, 0.2) is 0 Å². The smallest absolute Gasteiger partial charge is 0.332 e. The molecular weight excluding hydrogens is 160 g/mol. The zero-order valence-electron chi connectivity index (χ0n) is 7.26. The lowest BCUT2D eigenvalue weighted by Crippen LogP contribution is -2.11. The summed E-state index contributed by atoms with van der Waals surface area (Å²) in [5.74, 6) is -0.259. The standard InChI is InChI=1S/C7H16O3Si/c1-9-6-7(8)10-4-3-5-11-2/h3-6,11H2,1-2H3. The fourth-order valence-corrected chi connectivity index (χ4v) is 1.40. The third kappa shape index (κ3) is 7.54. The van der Waals surface area contributed by atoms with E-state index in [9.17, 15) is 4.79 Å². The summed E-state index contributed by atoms with van der Waals surface area (Å²) in [6.07, 6.45) is 1.01. The lowest BCUT2D eigenvalue weighted by Gasteiger charge is -2.01. The van der Waals surface area contributed by atoms with Crippen LogP contribution in [0.2, 0.25) is 12.6 Å². The number of hydrogen-bond acceptors (Lipinski definition) is 3. The molecule has 0 aromatic rings. The van der Waals surface area contributed by atoms with Crippen molar-refractivity contribution in [2.75, 3.05) is 20.3 Å². The summed E-state index contributed by atoms with van der Waals surface area (Å²) in [6.45, 7) is 2.88. The molecule has 0 N–H and O–H groups in total. The van der Waals surface area contributed by atoms with Crippen LogP contribution in [0.3, 0.4) is 0 Å². The molecule has 3 nitrogen and oxygen atoms in total. The van der Waals surface area contributed by atoms with Gasteiger partial charge in [0.2, 0.25) is 0 Å². The highest BCUT2D eigenvalue weighted by molar-refractivity contribution is 6.33.